The first-order chi connectivity index (χ1) is 11.2. The number of halogens is 3. The standard InChI is InChI=1S/C18H27BrN2O2.2ClH/c1-22-16-12-15(19)17(23-2)11-14(16)18(13-5-3-4-6-13)21-9-7-20-8-10-21;;/h11-13,18,20H,3-10H2,1-2H3;2*1H/t18-;;/m1../s1. The van der Waals surface area contributed by atoms with Crippen molar-refractivity contribution in [3.8, 4) is 11.5 Å². The number of rotatable bonds is 5. The largest absolute Gasteiger partial charge is 0.496 e. The lowest BCUT2D eigenvalue weighted by Gasteiger charge is -2.39. The van der Waals surface area contributed by atoms with Gasteiger partial charge in [0, 0.05) is 37.8 Å². The molecule has 1 N–H and O–H groups in total. The lowest BCUT2D eigenvalue weighted by Crippen LogP contribution is -2.46. The van der Waals surface area contributed by atoms with Gasteiger partial charge in [-0.15, -0.1) is 24.8 Å². The van der Waals surface area contributed by atoms with Crippen LogP contribution in [-0.4, -0.2) is 45.3 Å². The molecule has 0 spiro atoms. The molecule has 1 aromatic carbocycles. The molecule has 0 bridgehead atoms. The molecule has 1 heterocycles. The molecule has 1 saturated heterocycles. The Morgan fingerprint density at radius 1 is 1.04 bits per heavy atom. The van der Waals surface area contributed by atoms with Crippen LogP contribution < -0.4 is 14.8 Å². The van der Waals surface area contributed by atoms with Gasteiger partial charge in [0.05, 0.1) is 18.7 Å². The van der Waals surface area contributed by atoms with Gasteiger partial charge in [-0.1, -0.05) is 12.8 Å². The van der Waals surface area contributed by atoms with E-state index in [1.807, 2.05) is 0 Å². The van der Waals surface area contributed by atoms with Gasteiger partial charge in [-0.05, 0) is 46.8 Å². The lowest BCUT2D eigenvalue weighted by atomic mass is 9.89. The summed E-state index contributed by atoms with van der Waals surface area (Å²) in [4.78, 5) is 2.64. The van der Waals surface area contributed by atoms with Crippen LogP contribution in [0.4, 0.5) is 0 Å². The van der Waals surface area contributed by atoms with Crippen LogP contribution in [0.15, 0.2) is 16.6 Å². The molecule has 2 fully saturated rings. The van der Waals surface area contributed by atoms with Crippen molar-refractivity contribution in [1.29, 1.82) is 0 Å². The Balaban J connectivity index is 0.00000156. The third kappa shape index (κ3) is 5.16. The highest BCUT2D eigenvalue weighted by Gasteiger charge is 2.34. The number of hydrogen-bond donors (Lipinski definition) is 1. The molecule has 1 saturated carbocycles. The van der Waals surface area contributed by atoms with Crippen molar-refractivity contribution < 1.29 is 9.47 Å². The summed E-state index contributed by atoms with van der Waals surface area (Å²) in [5.41, 5.74) is 1.28. The smallest absolute Gasteiger partial charge is 0.133 e. The molecule has 0 unspecified atom stereocenters. The highest BCUT2D eigenvalue weighted by Crippen LogP contribution is 2.45. The first kappa shape index (κ1) is 22.8. The highest BCUT2D eigenvalue weighted by molar-refractivity contribution is 9.10. The summed E-state index contributed by atoms with van der Waals surface area (Å²) < 4.78 is 12.2. The summed E-state index contributed by atoms with van der Waals surface area (Å²) in [5, 5.41) is 3.47. The minimum absolute atomic E-state index is 0. The summed E-state index contributed by atoms with van der Waals surface area (Å²) in [6.07, 6.45) is 5.33. The van der Waals surface area contributed by atoms with Gasteiger partial charge >= 0.3 is 0 Å². The van der Waals surface area contributed by atoms with E-state index in [0.29, 0.717) is 12.0 Å². The molecule has 4 nitrogen and oxygen atoms in total. The Morgan fingerprint density at radius 3 is 2.20 bits per heavy atom. The van der Waals surface area contributed by atoms with Gasteiger partial charge in [0.1, 0.15) is 11.5 Å². The molecule has 0 amide bonds. The third-order valence-corrected chi connectivity index (χ3v) is 5.83. The molecule has 0 radical (unpaired) electrons. The van der Waals surface area contributed by atoms with E-state index in [2.05, 4.69) is 38.3 Å². The van der Waals surface area contributed by atoms with Crippen LogP contribution in [0.25, 0.3) is 0 Å². The molecule has 7 heteroatoms. The van der Waals surface area contributed by atoms with Gasteiger partial charge in [0.2, 0.25) is 0 Å². The average Bonchev–Trinajstić information content (AvgIpc) is 3.11. The number of piperazine rings is 1. The van der Waals surface area contributed by atoms with Gasteiger partial charge in [0.15, 0.2) is 0 Å². The molecule has 1 aliphatic heterocycles. The molecule has 0 aromatic heterocycles. The van der Waals surface area contributed by atoms with Crippen LogP contribution in [0.2, 0.25) is 0 Å². The molecule has 1 aromatic rings. The Labute approximate surface area is 172 Å². The van der Waals surface area contributed by atoms with Gasteiger partial charge in [0.25, 0.3) is 0 Å². The van der Waals surface area contributed by atoms with Gasteiger partial charge < -0.3 is 14.8 Å². The fourth-order valence-corrected chi connectivity index (χ4v) is 4.58. The van der Waals surface area contributed by atoms with Crippen LogP contribution in [-0.2, 0) is 0 Å². The number of hydrogen-bond acceptors (Lipinski definition) is 4. The number of methoxy groups -OCH3 is 2. The summed E-state index contributed by atoms with van der Waals surface area (Å²) in [5.74, 6) is 2.57. The van der Waals surface area contributed by atoms with Crippen molar-refractivity contribution in [1.82, 2.24) is 10.2 Å². The summed E-state index contributed by atoms with van der Waals surface area (Å²) in [6.45, 7) is 4.34. The Bertz CT molecular complexity index is 536. The van der Waals surface area contributed by atoms with E-state index in [1.54, 1.807) is 14.2 Å². The molecule has 1 atom stereocenters. The first-order valence-electron chi connectivity index (χ1n) is 8.60. The fraction of sp³-hybridized carbons (Fsp3) is 0.667. The Kier molecular flexibility index (Phi) is 9.89. The molecule has 3 rings (SSSR count). The van der Waals surface area contributed by atoms with E-state index in [1.165, 1.54) is 31.2 Å². The highest BCUT2D eigenvalue weighted by atomic mass is 79.9. The molecule has 1 aliphatic carbocycles. The van der Waals surface area contributed by atoms with E-state index in [0.717, 1.165) is 42.2 Å². The zero-order valence-electron chi connectivity index (χ0n) is 14.9. The maximum atomic E-state index is 5.73. The average molecular weight is 456 g/mol. The number of benzene rings is 1. The minimum atomic E-state index is 0. The topological polar surface area (TPSA) is 33.7 Å². The summed E-state index contributed by atoms with van der Waals surface area (Å²) >= 11 is 3.58. The van der Waals surface area contributed by atoms with Crippen LogP contribution in [0.1, 0.15) is 37.3 Å². The number of ether oxygens (including phenoxy) is 2. The van der Waals surface area contributed by atoms with Crippen molar-refractivity contribution in [2.24, 2.45) is 5.92 Å². The maximum absolute atomic E-state index is 5.73. The van der Waals surface area contributed by atoms with E-state index < -0.39 is 0 Å². The molecule has 2 aliphatic rings. The van der Waals surface area contributed by atoms with Crippen molar-refractivity contribution in [2.75, 3.05) is 40.4 Å². The maximum Gasteiger partial charge on any atom is 0.133 e. The SMILES string of the molecule is COc1cc([C@@H](C2CCCC2)N2CCNCC2)c(OC)cc1Br.Cl.Cl. The van der Waals surface area contributed by atoms with Crippen LogP contribution in [0.3, 0.4) is 0 Å². The molecule has 25 heavy (non-hydrogen) atoms. The van der Waals surface area contributed by atoms with E-state index in [-0.39, 0.29) is 24.8 Å². The van der Waals surface area contributed by atoms with Gasteiger partial charge in [-0.25, -0.2) is 0 Å². The number of nitrogens with one attached hydrogen (secondary N) is 1. The van der Waals surface area contributed by atoms with Crippen LogP contribution >= 0.6 is 40.7 Å². The van der Waals surface area contributed by atoms with Gasteiger partial charge in [-0.3, -0.25) is 4.90 Å². The zero-order valence-corrected chi connectivity index (χ0v) is 18.1. The predicted molar refractivity (Wildman–Crippen MR) is 111 cm³/mol. The molecular formula is C18H29BrCl2N2O2. The minimum Gasteiger partial charge on any atom is -0.496 e. The molecular weight excluding hydrogens is 427 g/mol. The van der Waals surface area contributed by atoms with E-state index in [4.69, 9.17) is 9.47 Å². The fourth-order valence-electron chi connectivity index (χ4n) is 4.10. The second kappa shape index (κ2) is 10.8. The third-order valence-electron chi connectivity index (χ3n) is 5.21. The van der Waals surface area contributed by atoms with Crippen LogP contribution in [0, 0.1) is 5.92 Å². The predicted octanol–water partition coefficient (Wildman–Crippen LogP) is 4.45. The Hall–Kier alpha value is -0.200. The number of nitrogens with zero attached hydrogens (tertiary/aromatic N) is 1. The summed E-state index contributed by atoms with van der Waals surface area (Å²) in [7, 11) is 3.49. The molecule has 144 valence electrons. The normalized spacial score (nSPS) is 19.6. The van der Waals surface area contributed by atoms with Crippen molar-refractivity contribution in [3.05, 3.63) is 22.2 Å². The summed E-state index contributed by atoms with van der Waals surface area (Å²) in [6, 6.07) is 4.66. The second-order valence-corrected chi connectivity index (χ2v) is 7.36. The van der Waals surface area contributed by atoms with Gasteiger partial charge in [-0.2, -0.15) is 0 Å². The van der Waals surface area contributed by atoms with Crippen LogP contribution in [0.5, 0.6) is 11.5 Å². The first-order valence-corrected chi connectivity index (χ1v) is 9.40. The monoisotopic (exact) mass is 454 g/mol. The van der Waals surface area contributed by atoms with Crippen molar-refractivity contribution in [2.45, 2.75) is 31.7 Å². The second-order valence-electron chi connectivity index (χ2n) is 6.50. The Morgan fingerprint density at radius 2 is 1.64 bits per heavy atom. The van der Waals surface area contributed by atoms with Crippen molar-refractivity contribution in [3.63, 3.8) is 0 Å². The zero-order chi connectivity index (χ0) is 16.2. The van der Waals surface area contributed by atoms with E-state index in [9.17, 15) is 0 Å². The van der Waals surface area contributed by atoms with E-state index >= 15 is 0 Å². The van der Waals surface area contributed by atoms with Crippen molar-refractivity contribution >= 4 is 40.7 Å². The quantitative estimate of drug-likeness (QED) is 0.711. The lowest BCUT2D eigenvalue weighted by molar-refractivity contribution is 0.123.